The fraction of sp³-hybridized carbons (Fsp3) is 0.136. The van der Waals surface area contributed by atoms with Gasteiger partial charge in [-0.1, -0.05) is 65.9 Å². The van der Waals surface area contributed by atoms with Crippen LogP contribution in [-0.4, -0.2) is 0 Å². The van der Waals surface area contributed by atoms with Gasteiger partial charge < -0.3 is 24.0 Å². The Labute approximate surface area is 169 Å². The van der Waals surface area contributed by atoms with E-state index in [1.165, 1.54) is 37.1 Å². The summed E-state index contributed by atoms with van der Waals surface area (Å²) in [6.45, 7) is 5.41. The van der Waals surface area contributed by atoms with Crippen molar-refractivity contribution in [1.29, 1.82) is 0 Å². The Bertz CT molecular complexity index is 1060. The summed E-state index contributed by atoms with van der Waals surface area (Å²) in [6, 6.07) is 23.8. The molecule has 1 nitrogen and oxygen atoms in total. The first-order valence-electron chi connectivity index (χ1n) is 8.35. The second-order valence-corrected chi connectivity index (χ2v) is 7.07. The molecule has 0 radical (unpaired) electrons. The van der Waals surface area contributed by atoms with Gasteiger partial charge in [-0.15, -0.1) is 0 Å². The maximum Gasteiger partial charge on any atom is 0.263 e. The lowest BCUT2D eigenvalue weighted by atomic mass is 9.99. The second kappa shape index (κ2) is 7.67. The number of rotatable bonds is 3. The number of para-hydroxylation sites is 1. The van der Waals surface area contributed by atoms with Crippen LogP contribution in [0.2, 0.25) is 0 Å². The molecule has 0 aliphatic heterocycles. The molecule has 4 rings (SSSR count). The van der Waals surface area contributed by atoms with E-state index >= 15 is 0 Å². The Morgan fingerprint density at radius 2 is 1.68 bits per heavy atom. The van der Waals surface area contributed by atoms with Crippen LogP contribution in [0.1, 0.15) is 24.4 Å². The minimum atomic E-state index is 0. The lowest BCUT2D eigenvalue weighted by molar-refractivity contribution is -0.665. The predicted molar refractivity (Wildman–Crippen MR) is 105 cm³/mol. The van der Waals surface area contributed by atoms with Crippen LogP contribution < -0.4 is 28.5 Å². The van der Waals surface area contributed by atoms with Crippen molar-refractivity contribution in [3.63, 3.8) is 0 Å². The average Bonchev–Trinajstić information content (AvgIpc) is 2.98. The standard InChI is InChI=1S/C22H20NS.HI/c1-3-23-20-13-6-7-14-21(20)24-22(23)15-16(2)18-12-8-10-17-9-4-5-11-19(17)18;/h4-15H,3H2,1-2H3;1H/q+1;/p-1. The molecule has 3 heteroatoms. The van der Waals surface area contributed by atoms with E-state index in [9.17, 15) is 0 Å². The highest BCUT2D eigenvalue weighted by atomic mass is 127. The van der Waals surface area contributed by atoms with Crippen LogP contribution in [0.5, 0.6) is 0 Å². The Balaban J connectivity index is 0.00000182. The third-order valence-electron chi connectivity index (χ3n) is 4.51. The summed E-state index contributed by atoms with van der Waals surface area (Å²) in [6.07, 6.45) is 2.33. The first kappa shape index (κ1) is 18.1. The molecule has 4 aromatic rings. The van der Waals surface area contributed by atoms with Gasteiger partial charge in [0.1, 0.15) is 11.2 Å². The number of fused-ring (bicyclic) bond motifs is 2. The number of thiazole rings is 1. The number of aromatic nitrogens is 1. The van der Waals surface area contributed by atoms with Gasteiger partial charge in [0.2, 0.25) is 5.52 Å². The zero-order chi connectivity index (χ0) is 16.5. The highest BCUT2D eigenvalue weighted by Crippen LogP contribution is 2.28. The first-order valence-corrected chi connectivity index (χ1v) is 9.17. The second-order valence-electron chi connectivity index (χ2n) is 6.01. The smallest absolute Gasteiger partial charge is 0.263 e. The van der Waals surface area contributed by atoms with Gasteiger partial charge in [-0.05, 0) is 41.8 Å². The summed E-state index contributed by atoms with van der Waals surface area (Å²) in [5.74, 6) is 0. The number of benzene rings is 3. The quantitative estimate of drug-likeness (QED) is 0.329. The van der Waals surface area contributed by atoms with Crippen molar-refractivity contribution < 1.29 is 28.5 Å². The molecular formula is C22H20INS. The molecule has 3 aromatic carbocycles. The first-order chi connectivity index (χ1) is 11.8. The van der Waals surface area contributed by atoms with Gasteiger partial charge in [0.15, 0.2) is 0 Å². The number of nitrogens with zero attached hydrogens (tertiary/aromatic N) is 1. The van der Waals surface area contributed by atoms with Crippen LogP contribution >= 0.6 is 11.3 Å². The summed E-state index contributed by atoms with van der Waals surface area (Å²) in [4.78, 5) is 0. The lowest BCUT2D eigenvalue weighted by Crippen LogP contribution is -3.00. The molecule has 0 bridgehead atoms. The van der Waals surface area contributed by atoms with Crippen molar-refractivity contribution >= 4 is 44.0 Å². The minimum absolute atomic E-state index is 0. The largest absolute Gasteiger partial charge is 1.00 e. The van der Waals surface area contributed by atoms with Crippen molar-refractivity contribution in [2.45, 2.75) is 20.4 Å². The van der Waals surface area contributed by atoms with E-state index in [-0.39, 0.29) is 24.0 Å². The van der Waals surface area contributed by atoms with E-state index < -0.39 is 0 Å². The summed E-state index contributed by atoms with van der Waals surface area (Å²) < 4.78 is 3.74. The van der Waals surface area contributed by atoms with Crippen LogP contribution in [0.15, 0.2) is 66.7 Å². The Morgan fingerprint density at radius 3 is 2.52 bits per heavy atom. The number of hydrogen-bond acceptors (Lipinski definition) is 1. The zero-order valence-electron chi connectivity index (χ0n) is 14.4. The SMILES string of the molecule is CC[n+]1c(C=C(C)c2cccc3ccccc23)sc2ccccc21.[I-]. The van der Waals surface area contributed by atoms with E-state index in [0.29, 0.717) is 0 Å². The van der Waals surface area contributed by atoms with E-state index in [1.54, 1.807) is 0 Å². The predicted octanol–water partition coefficient (Wildman–Crippen LogP) is 2.93. The van der Waals surface area contributed by atoms with Gasteiger partial charge in [-0.3, -0.25) is 0 Å². The monoisotopic (exact) mass is 457 g/mol. The van der Waals surface area contributed by atoms with Crippen LogP contribution in [-0.2, 0) is 6.54 Å². The van der Waals surface area contributed by atoms with Crippen molar-refractivity contribution in [2.75, 3.05) is 0 Å². The van der Waals surface area contributed by atoms with E-state index in [0.717, 1.165) is 6.54 Å². The number of halogens is 1. The van der Waals surface area contributed by atoms with Gasteiger partial charge in [-0.2, -0.15) is 4.57 Å². The van der Waals surface area contributed by atoms with Gasteiger partial charge in [-0.25, -0.2) is 0 Å². The molecule has 0 saturated carbocycles. The molecule has 0 aliphatic rings. The van der Waals surface area contributed by atoms with Gasteiger partial charge in [0, 0.05) is 12.1 Å². The highest BCUT2D eigenvalue weighted by Gasteiger charge is 2.17. The fourth-order valence-corrected chi connectivity index (χ4v) is 4.55. The number of aryl methyl sites for hydroxylation is 1. The van der Waals surface area contributed by atoms with Gasteiger partial charge >= 0.3 is 0 Å². The number of allylic oxidation sites excluding steroid dienone is 1. The van der Waals surface area contributed by atoms with Crippen molar-refractivity contribution in [1.82, 2.24) is 0 Å². The minimum Gasteiger partial charge on any atom is -1.00 e. The zero-order valence-corrected chi connectivity index (χ0v) is 17.3. The van der Waals surface area contributed by atoms with E-state index in [2.05, 4.69) is 91.2 Å². The van der Waals surface area contributed by atoms with Gasteiger partial charge in [0.25, 0.3) is 5.01 Å². The topological polar surface area (TPSA) is 3.88 Å². The van der Waals surface area contributed by atoms with E-state index in [4.69, 9.17) is 0 Å². The Morgan fingerprint density at radius 1 is 0.960 bits per heavy atom. The summed E-state index contributed by atoms with van der Waals surface area (Å²) in [7, 11) is 0. The van der Waals surface area contributed by atoms with Crippen molar-refractivity contribution in [3.8, 4) is 0 Å². The average molecular weight is 457 g/mol. The molecule has 0 atom stereocenters. The van der Waals surface area contributed by atoms with Crippen LogP contribution in [0.25, 0.3) is 32.6 Å². The third-order valence-corrected chi connectivity index (χ3v) is 5.62. The molecule has 0 fully saturated rings. The summed E-state index contributed by atoms with van der Waals surface area (Å²) in [5.41, 5.74) is 3.94. The maximum absolute atomic E-state index is 2.40. The van der Waals surface area contributed by atoms with Crippen LogP contribution in [0.4, 0.5) is 0 Å². The number of hydrogen-bond donors (Lipinski definition) is 0. The lowest BCUT2D eigenvalue weighted by Gasteiger charge is -2.06. The van der Waals surface area contributed by atoms with E-state index in [1.807, 2.05) is 11.3 Å². The van der Waals surface area contributed by atoms with Gasteiger partial charge in [0.05, 0.1) is 0 Å². The molecule has 1 heterocycles. The Kier molecular flexibility index (Phi) is 5.54. The molecule has 25 heavy (non-hydrogen) atoms. The fourth-order valence-electron chi connectivity index (χ4n) is 3.32. The molecule has 0 amide bonds. The summed E-state index contributed by atoms with van der Waals surface area (Å²) in [5, 5.41) is 3.92. The molecule has 1 aromatic heterocycles. The molecular weight excluding hydrogens is 437 g/mol. The highest BCUT2D eigenvalue weighted by molar-refractivity contribution is 7.18. The van der Waals surface area contributed by atoms with Crippen LogP contribution in [0.3, 0.4) is 0 Å². The molecule has 126 valence electrons. The summed E-state index contributed by atoms with van der Waals surface area (Å²) >= 11 is 1.86. The Hall–Kier alpha value is -1.72. The van der Waals surface area contributed by atoms with Crippen molar-refractivity contribution in [2.24, 2.45) is 0 Å². The molecule has 0 spiro atoms. The maximum atomic E-state index is 2.40. The molecule has 0 N–H and O–H groups in total. The van der Waals surface area contributed by atoms with Crippen molar-refractivity contribution in [3.05, 3.63) is 77.3 Å². The normalized spacial score (nSPS) is 11.7. The third kappa shape index (κ3) is 3.35. The molecule has 0 aliphatic carbocycles. The molecule has 0 unspecified atom stereocenters. The molecule has 0 saturated heterocycles. The van der Waals surface area contributed by atoms with Crippen LogP contribution in [0, 0.1) is 0 Å².